The fourth-order valence-electron chi connectivity index (χ4n) is 3.19. The smallest absolute Gasteiger partial charge is 0.254 e. The maximum atomic E-state index is 13.0. The summed E-state index contributed by atoms with van der Waals surface area (Å²) in [5.41, 5.74) is 1.46. The van der Waals surface area contributed by atoms with E-state index in [-0.39, 0.29) is 12.5 Å². The minimum atomic E-state index is -0.603. The van der Waals surface area contributed by atoms with Crippen molar-refractivity contribution in [3.63, 3.8) is 0 Å². The highest BCUT2D eigenvalue weighted by molar-refractivity contribution is 5.95. The molecule has 7 heteroatoms. The third-order valence-electron chi connectivity index (χ3n) is 4.36. The van der Waals surface area contributed by atoms with Crippen molar-refractivity contribution in [1.29, 1.82) is 0 Å². The van der Waals surface area contributed by atoms with E-state index in [1.807, 2.05) is 47.3 Å². The predicted octanol–water partition coefficient (Wildman–Crippen LogP) is 2.12. The van der Waals surface area contributed by atoms with Crippen LogP contribution in [0.15, 0.2) is 53.3 Å². The first kappa shape index (κ1) is 15.6. The van der Waals surface area contributed by atoms with Gasteiger partial charge in [-0.1, -0.05) is 11.2 Å². The number of carbonyl (C=O) groups is 1. The van der Waals surface area contributed by atoms with E-state index in [0.717, 1.165) is 5.69 Å². The van der Waals surface area contributed by atoms with Crippen LogP contribution in [0.1, 0.15) is 34.5 Å². The van der Waals surface area contributed by atoms with E-state index in [0.29, 0.717) is 23.7 Å². The summed E-state index contributed by atoms with van der Waals surface area (Å²) in [4.78, 5) is 18.8. The minimum Gasteiger partial charge on any atom is -0.391 e. The van der Waals surface area contributed by atoms with Crippen molar-refractivity contribution >= 4 is 5.91 Å². The van der Waals surface area contributed by atoms with Crippen LogP contribution in [0.3, 0.4) is 0 Å². The number of aromatic nitrogens is 3. The number of nitrogens with zero attached hydrogens (tertiary/aromatic N) is 4. The zero-order valence-electron chi connectivity index (χ0n) is 13.7. The second-order valence-electron chi connectivity index (χ2n) is 6.18. The highest BCUT2D eigenvalue weighted by Crippen LogP contribution is 2.32. The number of benzene rings is 1. The standard InChI is InChI=1S/C18H18N4O3/c1-12-19-17(25-20-12)16-10-15(23)11-22(16)18(24)13-5-4-6-14(9-13)21-7-2-3-8-21/h2-9,15-16,23H,10-11H2,1H3/t15-,16-/m1/s1. The number of amides is 1. The van der Waals surface area contributed by atoms with Gasteiger partial charge in [0.2, 0.25) is 5.89 Å². The first-order valence-corrected chi connectivity index (χ1v) is 8.14. The Kier molecular flexibility index (Phi) is 3.85. The number of β-amino-alcohol motifs (C(OH)–C–C–N with tert-alkyl or cyclic N) is 1. The van der Waals surface area contributed by atoms with Crippen LogP contribution in [0.25, 0.3) is 5.69 Å². The van der Waals surface area contributed by atoms with Gasteiger partial charge in [0.05, 0.1) is 6.10 Å². The molecule has 1 aromatic carbocycles. The molecular formula is C18H18N4O3. The quantitative estimate of drug-likeness (QED) is 0.791. The van der Waals surface area contributed by atoms with Crippen molar-refractivity contribution in [2.24, 2.45) is 0 Å². The van der Waals surface area contributed by atoms with Crippen LogP contribution in [0.4, 0.5) is 0 Å². The van der Waals surface area contributed by atoms with Gasteiger partial charge in [-0.05, 0) is 37.3 Å². The van der Waals surface area contributed by atoms with Crippen molar-refractivity contribution in [3.8, 4) is 5.69 Å². The van der Waals surface area contributed by atoms with E-state index in [4.69, 9.17) is 4.52 Å². The third kappa shape index (κ3) is 2.94. The molecule has 0 radical (unpaired) electrons. The molecule has 1 aliphatic rings. The van der Waals surface area contributed by atoms with E-state index in [1.54, 1.807) is 17.9 Å². The SMILES string of the molecule is Cc1noc([C@H]2C[C@@H](O)CN2C(=O)c2cccc(-n3cccc3)c2)n1. The van der Waals surface area contributed by atoms with Gasteiger partial charge in [0, 0.05) is 36.6 Å². The number of rotatable bonds is 3. The van der Waals surface area contributed by atoms with Crippen LogP contribution >= 0.6 is 0 Å². The van der Waals surface area contributed by atoms with Gasteiger partial charge in [-0.25, -0.2) is 0 Å². The molecule has 7 nitrogen and oxygen atoms in total. The van der Waals surface area contributed by atoms with Crippen molar-refractivity contribution in [1.82, 2.24) is 19.6 Å². The molecular weight excluding hydrogens is 320 g/mol. The van der Waals surface area contributed by atoms with Gasteiger partial charge in [0.15, 0.2) is 5.82 Å². The number of hydrogen-bond acceptors (Lipinski definition) is 5. The summed E-state index contributed by atoms with van der Waals surface area (Å²) < 4.78 is 7.16. The molecule has 2 aromatic heterocycles. The van der Waals surface area contributed by atoms with Gasteiger partial charge in [-0.15, -0.1) is 0 Å². The molecule has 1 N–H and O–H groups in total. The van der Waals surface area contributed by atoms with E-state index < -0.39 is 12.1 Å². The van der Waals surface area contributed by atoms with Gasteiger partial charge in [0.1, 0.15) is 6.04 Å². The number of aliphatic hydroxyl groups is 1. The van der Waals surface area contributed by atoms with Crippen LogP contribution in [0.5, 0.6) is 0 Å². The summed E-state index contributed by atoms with van der Waals surface area (Å²) in [6, 6.07) is 10.9. The van der Waals surface area contributed by atoms with Gasteiger partial charge >= 0.3 is 0 Å². The lowest BCUT2D eigenvalue weighted by Crippen LogP contribution is -2.32. The highest BCUT2D eigenvalue weighted by atomic mass is 16.5. The Bertz CT molecular complexity index is 887. The maximum absolute atomic E-state index is 13.0. The average Bonchev–Trinajstić information content (AvgIpc) is 3.35. The van der Waals surface area contributed by atoms with Gasteiger partial charge in [0.25, 0.3) is 5.91 Å². The van der Waals surface area contributed by atoms with Gasteiger partial charge < -0.3 is 19.1 Å². The number of hydrogen-bond donors (Lipinski definition) is 1. The normalized spacial score (nSPS) is 20.2. The predicted molar refractivity (Wildman–Crippen MR) is 89.2 cm³/mol. The number of aliphatic hydroxyl groups excluding tert-OH is 1. The first-order chi connectivity index (χ1) is 12.1. The topological polar surface area (TPSA) is 84.4 Å². The Morgan fingerprint density at radius 3 is 2.80 bits per heavy atom. The monoisotopic (exact) mass is 338 g/mol. The Labute approximate surface area is 144 Å². The molecule has 1 fully saturated rings. The summed E-state index contributed by atoms with van der Waals surface area (Å²) in [5, 5.41) is 13.8. The van der Waals surface area contributed by atoms with E-state index in [2.05, 4.69) is 10.1 Å². The summed E-state index contributed by atoms with van der Waals surface area (Å²) in [6.07, 6.45) is 3.64. The van der Waals surface area contributed by atoms with E-state index >= 15 is 0 Å². The minimum absolute atomic E-state index is 0.161. The molecule has 0 aliphatic carbocycles. The Morgan fingerprint density at radius 2 is 2.08 bits per heavy atom. The third-order valence-corrected chi connectivity index (χ3v) is 4.36. The molecule has 1 aliphatic heterocycles. The van der Waals surface area contributed by atoms with Crippen molar-refractivity contribution in [3.05, 3.63) is 66.1 Å². The lowest BCUT2D eigenvalue weighted by atomic mass is 10.1. The number of aryl methyl sites for hydroxylation is 1. The summed E-state index contributed by atoms with van der Waals surface area (Å²) in [5.74, 6) is 0.716. The molecule has 3 heterocycles. The van der Waals surface area contributed by atoms with Crippen LogP contribution < -0.4 is 0 Å². The molecule has 0 bridgehead atoms. The lowest BCUT2D eigenvalue weighted by molar-refractivity contribution is 0.0693. The first-order valence-electron chi connectivity index (χ1n) is 8.14. The summed E-state index contributed by atoms with van der Waals surface area (Å²) in [6.45, 7) is 1.98. The van der Waals surface area contributed by atoms with Gasteiger partial charge in [-0.2, -0.15) is 4.98 Å². The molecule has 1 saturated heterocycles. The molecule has 1 amide bonds. The zero-order valence-corrected chi connectivity index (χ0v) is 13.7. The molecule has 0 saturated carbocycles. The Hall–Kier alpha value is -2.93. The highest BCUT2D eigenvalue weighted by Gasteiger charge is 2.39. The van der Waals surface area contributed by atoms with E-state index in [1.165, 1.54) is 0 Å². The van der Waals surface area contributed by atoms with Crippen LogP contribution in [0.2, 0.25) is 0 Å². The van der Waals surface area contributed by atoms with Crippen LogP contribution in [0, 0.1) is 6.92 Å². The Balaban J connectivity index is 1.64. The van der Waals surface area contributed by atoms with Crippen molar-refractivity contribution in [2.45, 2.75) is 25.5 Å². The fraction of sp³-hybridized carbons (Fsp3) is 0.278. The number of likely N-dealkylation sites (tertiary alicyclic amines) is 1. The average molecular weight is 338 g/mol. The summed E-state index contributed by atoms with van der Waals surface area (Å²) >= 11 is 0. The maximum Gasteiger partial charge on any atom is 0.254 e. The van der Waals surface area contributed by atoms with E-state index in [9.17, 15) is 9.90 Å². The molecule has 3 aromatic rings. The molecule has 4 rings (SSSR count). The second kappa shape index (κ2) is 6.18. The lowest BCUT2D eigenvalue weighted by Gasteiger charge is -2.22. The zero-order chi connectivity index (χ0) is 17.4. The molecule has 2 atom stereocenters. The molecule has 128 valence electrons. The van der Waals surface area contributed by atoms with Crippen LogP contribution in [-0.4, -0.2) is 43.3 Å². The second-order valence-corrected chi connectivity index (χ2v) is 6.18. The molecule has 0 spiro atoms. The van der Waals surface area contributed by atoms with Crippen LogP contribution in [-0.2, 0) is 0 Å². The number of carbonyl (C=O) groups excluding carboxylic acids is 1. The van der Waals surface area contributed by atoms with Crippen molar-refractivity contribution in [2.75, 3.05) is 6.54 Å². The largest absolute Gasteiger partial charge is 0.391 e. The fourth-order valence-corrected chi connectivity index (χ4v) is 3.19. The summed E-state index contributed by atoms with van der Waals surface area (Å²) in [7, 11) is 0. The Morgan fingerprint density at radius 1 is 1.28 bits per heavy atom. The van der Waals surface area contributed by atoms with Gasteiger partial charge in [-0.3, -0.25) is 4.79 Å². The van der Waals surface area contributed by atoms with Crippen molar-refractivity contribution < 1.29 is 14.4 Å². The molecule has 25 heavy (non-hydrogen) atoms. The molecule has 0 unspecified atom stereocenters.